The van der Waals surface area contributed by atoms with Crippen LogP contribution in [0.25, 0.3) is 0 Å². The number of aryl methyl sites for hydroxylation is 1. The molecule has 0 spiro atoms. The summed E-state index contributed by atoms with van der Waals surface area (Å²) in [5.41, 5.74) is 2.27. The smallest absolute Gasteiger partial charge is 0.239 e. The van der Waals surface area contributed by atoms with Gasteiger partial charge in [0.2, 0.25) is 5.91 Å². The first-order valence-corrected chi connectivity index (χ1v) is 8.73. The molecule has 1 aromatic rings. The number of nitrogens with zero attached hydrogens (tertiary/aromatic N) is 4. The van der Waals surface area contributed by atoms with Gasteiger partial charge in [-0.15, -0.1) is 0 Å². The fourth-order valence-corrected chi connectivity index (χ4v) is 3.05. The van der Waals surface area contributed by atoms with Crippen molar-refractivity contribution >= 4 is 11.7 Å². The van der Waals surface area contributed by atoms with E-state index in [0.717, 1.165) is 17.9 Å². The fourth-order valence-electron chi connectivity index (χ4n) is 3.05. The summed E-state index contributed by atoms with van der Waals surface area (Å²) >= 11 is 0. The SMILES string of the molecule is CC(C)C[C@@H](NCc1c(C(C)C)nn(C)c1N(C)C)C(=O)N(C)C. The van der Waals surface area contributed by atoms with Gasteiger partial charge in [0.15, 0.2) is 0 Å². The summed E-state index contributed by atoms with van der Waals surface area (Å²) in [6.07, 6.45) is 0.825. The molecule has 0 bridgehead atoms. The Morgan fingerprint density at radius 2 is 1.75 bits per heavy atom. The van der Waals surface area contributed by atoms with Gasteiger partial charge in [0.05, 0.1) is 11.7 Å². The molecular weight excluding hydrogens is 302 g/mol. The van der Waals surface area contributed by atoms with Crippen molar-refractivity contribution in [2.45, 2.75) is 52.6 Å². The molecule has 1 heterocycles. The molecule has 1 rings (SSSR count). The van der Waals surface area contributed by atoms with Crippen molar-refractivity contribution < 1.29 is 4.79 Å². The molecule has 0 radical (unpaired) electrons. The van der Waals surface area contributed by atoms with Gasteiger partial charge >= 0.3 is 0 Å². The van der Waals surface area contributed by atoms with Crippen molar-refractivity contribution in [3.63, 3.8) is 0 Å². The Labute approximate surface area is 147 Å². The van der Waals surface area contributed by atoms with Crippen LogP contribution < -0.4 is 10.2 Å². The summed E-state index contributed by atoms with van der Waals surface area (Å²) in [6.45, 7) is 9.24. The quantitative estimate of drug-likeness (QED) is 0.790. The third kappa shape index (κ3) is 4.97. The lowest BCUT2D eigenvalue weighted by Gasteiger charge is -2.24. The second-order valence-electron chi connectivity index (χ2n) is 7.66. The molecule has 0 aliphatic carbocycles. The molecule has 0 aromatic carbocycles. The lowest BCUT2D eigenvalue weighted by Crippen LogP contribution is -2.44. The lowest BCUT2D eigenvalue weighted by atomic mass is 10.0. The van der Waals surface area contributed by atoms with Crippen molar-refractivity contribution in [1.29, 1.82) is 0 Å². The van der Waals surface area contributed by atoms with E-state index < -0.39 is 0 Å². The maximum atomic E-state index is 12.5. The Balaban J connectivity index is 3.07. The lowest BCUT2D eigenvalue weighted by molar-refractivity contribution is -0.131. The summed E-state index contributed by atoms with van der Waals surface area (Å²) in [7, 11) is 9.65. The highest BCUT2D eigenvalue weighted by Crippen LogP contribution is 2.27. The Morgan fingerprint density at radius 1 is 1.17 bits per heavy atom. The van der Waals surface area contributed by atoms with E-state index in [0.29, 0.717) is 18.4 Å². The zero-order chi connectivity index (χ0) is 18.6. The summed E-state index contributed by atoms with van der Waals surface area (Å²) in [4.78, 5) is 16.2. The molecule has 0 aliphatic rings. The van der Waals surface area contributed by atoms with Crippen LogP contribution in [0.15, 0.2) is 0 Å². The third-order valence-corrected chi connectivity index (χ3v) is 4.09. The summed E-state index contributed by atoms with van der Waals surface area (Å²) in [6, 6.07) is -0.171. The molecule has 1 atom stereocenters. The summed E-state index contributed by atoms with van der Waals surface area (Å²) in [5, 5.41) is 8.17. The minimum Gasteiger partial charge on any atom is -0.363 e. The molecule has 138 valence electrons. The maximum Gasteiger partial charge on any atom is 0.239 e. The van der Waals surface area contributed by atoms with Gasteiger partial charge in [0, 0.05) is 47.3 Å². The minimum atomic E-state index is -0.171. The van der Waals surface area contributed by atoms with Gasteiger partial charge in [-0.05, 0) is 18.3 Å². The number of aromatic nitrogens is 2. The first-order chi connectivity index (χ1) is 11.1. The molecule has 24 heavy (non-hydrogen) atoms. The number of anilines is 1. The standard InChI is InChI=1S/C18H35N5O/c1-12(2)10-15(18(24)22(7)8)19-11-14-16(13(3)4)20-23(9)17(14)21(5)6/h12-13,15,19H,10-11H2,1-9H3/t15-/m1/s1. The normalized spacial score (nSPS) is 12.8. The fraction of sp³-hybridized carbons (Fsp3) is 0.778. The zero-order valence-corrected chi connectivity index (χ0v) is 16.8. The van der Waals surface area contributed by atoms with Crippen LogP contribution in [-0.2, 0) is 18.4 Å². The monoisotopic (exact) mass is 337 g/mol. The maximum absolute atomic E-state index is 12.5. The van der Waals surface area contributed by atoms with E-state index in [2.05, 4.69) is 43.0 Å². The molecule has 1 N–H and O–H groups in total. The van der Waals surface area contributed by atoms with Crippen molar-refractivity contribution in [2.24, 2.45) is 13.0 Å². The van der Waals surface area contributed by atoms with Crippen LogP contribution >= 0.6 is 0 Å². The molecule has 6 heteroatoms. The van der Waals surface area contributed by atoms with Crippen molar-refractivity contribution in [3.05, 3.63) is 11.3 Å². The van der Waals surface area contributed by atoms with E-state index >= 15 is 0 Å². The molecule has 1 amide bonds. The number of nitrogens with one attached hydrogen (secondary N) is 1. The van der Waals surface area contributed by atoms with Gasteiger partial charge < -0.3 is 15.1 Å². The van der Waals surface area contributed by atoms with Crippen molar-refractivity contribution in [3.8, 4) is 0 Å². The predicted octanol–water partition coefficient (Wildman–Crippen LogP) is 2.20. The highest BCUT2D eigenvalue weighted by Gasteiger charge is 2.24. The number of likely N-dealkylation sites (N-methyl/N-ethyl adjacent to an activating group) is 1. The Bertz CT molecular complexity index is 546. The number of hydrogen-bond acceptors (Lipinski definition) is 4. The number of rotatable bonds is 8. The van der Waals surface area contributed by atoms with Gasteiger partial charge in [-0.25, -0.2) is 0 Å². The van der Waals surface area contributed by atoms with Crippen LogP contribution in [0.4, 0.5) is 5.82 Å². The highest BCUT2D eigenvalue weighted by atomic mass is 16.2. The zero-order valence-electron chi connectivity index (χ0n) is 16.8. The number of hydrogen-bond donors (Lipinski definition) is 1. The molecule has 0 fully saturated rings. The predicted molar refractivity (Wildman–Crippen MR) is 100 cm³/mol. The first kappa shape index (κ1) is 20.5. The van der Waals surface area contributed by atoms with E-state index in [4.69, 9.17) is 0 Å². The second-order valence-corrected chi connectivity index (χ2v) is 7.66. The van der Waals surface area contributed by atoms with Gasteiger partial charge in [0.25, 0.3) is 0 Å². The van der Waals surface area contributed by atoms with Crippen molar-refractivity contribution in [1.82, 2.24) is 20.0 Å². The van der Waals surface area contributed by atoms with Gasteiger partial charge in [-0.3, -0.25) is 9.48 Å². The molecule has 0 saturated heterocycles. The van der Waals surface area contributed by atoms with E-state index in [1.54, 1.807) is 4.90 Å². The van der Waals surface area contributed by atoms with Crippen LogP contribution in [0.2, 0.25) is 0 Å². The second kappa shape index (κ2) is 8.51. The molecule has 6 nitrogen and oxygen atoms in total. The van der Waals surface area contributed by atoms with Crippen LogP contribution in [0.1, 0.15) is 51.3 Å². The first-order valence-electron chi connectivity index (χ1n) is 8.73. The van der Waals surface area contributed by atoms with Crippen LogP contribution in [0.3, 0.4) is 0 Å². The molecular formula is C18H35N5O. The topological polar surface area (TPSA) is 53.4 Å². The van der Waals surface area contributed by atoms with Gasteiger partial charge in [0.1, 0.15) is 5.82 Å². The largest absolute Gasteiger partial charge is 0.363 e. The average Bonchev–Trinajstić information content (AvgIpc) is 2.79. The van der Waals surface area contributed by atoms with Crippen LogP contribution in [-0.4, -0.2) is 54.8 Å². The van der Waals surface area contributed by atoms with Crippen molar-refractivity contribution in [2.75, 3.05) is 33.1 Å². The molecule has 0 aliphatic heterocycles. The number of carbonyl (C=O) groups is 1. The third-order valence-electron chi connectivity index (χ3n) is 4.09. The number of amides is 1. The minimum absolute atomic E-state index is 0.130. The Hall–Kier alpha value is -1.56. The summed E-state index contributed by atoms with van der Waals surface area (Å²) < 4.78 is 1.93. The number of carbonyl (C=O) groups excluding carboxylic acids is 1. The van der Waals surface area contributed by atoms with Crippen LogP contribution in [0.5, 0.6) is 0 Å². The van der Waals surface area contributed by atoms with Gasteiger partial charge in [-0.1, -0.05) is 27.7 Å². The van der Waals surface area contributed by atoms with E-state index in [-0.39, 0.29) is 11.9 Å². The van der Waals surface area contributed by atoms with Crippen LogP contribution in [0, 0.1) is 5.92 Å². The van der Waals surface area contributed by atoms with Gasteiger partial charge in [-0.2, -0.15) is 5.10 Å². The molecule has 1 aromatic heterocycles. The van der Waals surface area contributed by atoms with E-state index in [1.165, 1.54) is 5.56 Å². The van der Waals surface area contributed by atoms with E-state index in [1.807, 2.05) is 39.9 Å². The summed E-state index contributed by atoms with van der Waals surface area (Å²) in [5.74, 6) is 2.02. The Kier molecular flexibility index (Phi) is 7.27. The Morgan fingerprint density at radius 3 is 2.17 bits per heavy atom. The van der Waals surface area contributed by atoms with E-state index in [9.17, 15) is 4.79 Å². The average molecular weight is 338 g/mol. The highest BCUT2D eigenvalue weighted by molar-refractivity contribution is 5.81. The molecule has 0 unspecified atom stereocenters. The molecule has 0 saturated carbocycles.